The predicted molar refractivity (Wildman–Crippen MR) is 267 cm³/mol. The van der Waals surface area contributed by atoms with E-state index in [4.69, 9.17) is 9.72 Å². The number of anilines is 4. The first-order valence-corrected chi connectivity index (χ1v) is 22.4. The van der Waals surface area contributed by atoms with Crippen molar-refractivity contribution in [2.24, 2.45) is 0 Å². The van der Waals surface area contributed by atoms with E-state index in [1.54, 1.807) is 0 Å². The maximum absolute atomic E-state index is 6.74. The van der Waals surface area contributed by atoms with E-state index in [2.05, 4.69) is 218 Å². The van der Waals surface area contributed by atoms with Crippen molar-refractivity contribution in [1.29, 1.82) is 0 Å². The third-order valence-electron chi connectivity index (χ3n) is 12.3. The zero-order valence-corrected chi connectivity index (χ0v) is 39.0. The Morgan fingerprint density at radius 2 is 1.23 bits per heavy atom. The number of pyridine rings is 1. The molecular formula is C58H41N4OPtS-3. The molecule has 7 heteroatoms. The molecule has 8 aromatic carbocycles. The molecule has 0 bridgehead atoms. The van der Waals surface area contributed by atoms with Crippen LogP contribution in [0.4, 0.5) is 22.7 Å². The van der Waals surface area contributed by atoms with Crippen molar-refractivity contribution in [2.45, 2.75) is 26.2 Å². The summed E-state index contributed by atoms with van der Waals surface area (Å²) in [7, 11) is 0. The van der Waals surface area contributed by atoms with Gasteiger partial charge in [0.25, 0.3) is 0 Å². The smallest absolute Gasteiger partial charge is 0.135 e. The minimum absolute atomic E-state index is 0. The summed E-state index contributed by atoms with van der Waals surface area (Å²) in [6.07, 6.45) is 1.92. The van der Waals surface area contributed by atoms with Crippen LogP contribution in [0.2, 0.25) is 0 Å². The van der Waals surface area contributed by atoms with Crippen LogP contribution in [0.1, 0.15) is 26.3 Å². The van der Waals surface area contributed by atoms with E-state index >= 15 is 0 Å². The van der Waals surface area contributed by atoms with Crippen LogP contribution in [0.3, 0.4) is 0 Å². The molecular weight excluding hydrogens is 996 g/mol. The number of benzene rings is 8. The van der Waals surface area contributed by atoms with E-state index in [9.17, 15) is 0 Å². The molecule has 0 fully saturated rings. The van der Waals surface area contributed by atoms with Gasteiger partial charge in [0.2, 0.25) is 0 Å². The maximum Gasteiger partial charge on any atom is 0.135 e. The minimum Gasteiger partial charge on any atom is -0.509 e. The van der Waals surface area contributed by atoms with Gasteiger partial charge in [-0.2, -0.15) is 12.1 Å². The van der Waals surface area contributed by atoms with E-state index in [0.29, 0.717) is 11.5 Å². The van der Waals surface area contributed by atoms with Crippen LogP contribution in [-0.4, -0.2) is 9.55 Å². The molecule has 0 radical (unpaired) electrons. The molecule has 0 saturated heterocycles. The summed E-state index contributed by atoms with van der Waals surface area (Å²) in [5.74, 6) is 2.04. The van der Waals surface area contributed by atoms with Gasteiger partial charge in [0.05, 0.1) is 0 Å². The van der Waals surface area contributed by atoms with Crippen LogP contribution in [0.5, 0.6) is 11.5 Å². The summed E-state index contributed by atoms with van der Waals surface area (Å²) in [6.45, 7) is 8.90. The number of fused-ring (bicyclic) bond motifs is 8. The molecule has 4 heterocycles. The SMILES string of the molecule is CC(C)(C)c1ccnc(-n2c3[c-]c(Oc4[c-]c(N5[CH-]N(c6c(-c7ccccc7)cccc6-c6ccccc6)c6ccccc65)ccc4)ccc3c3c4sc5ccccc5c4ccc32)c1.[Pt]. The van der Waals surface area contributed by atoms with Crippen molar-refractivity contribution in [3.05, 3.63) is 213 Å². The molecule has 0 N–H and O–H groups in total. The average molecular weight is 1040 g/mol. The topological polar surface area (TPSA) is 33.5 Å². The molecule has 0 aliphatic carbocycles. The van der Waals surface area contributed by atoms with E-state index in [1.165, 1.54) is 31.1 Å². The summed E-state index contributed by atoms with van der Waals surface area (Å²) in [5.41, 5.74) is 11.9. The first-order chi connectivity index (χ1) is 31.4. The van der Waals surface area contributed by atoms with Crippen molar-refractivity contribution < 1.29 is 25.8 Å². The Balaban J connectivity index is 0.00000469. The number of ether oxygens (including phenoxy) is 1. The molecule has 318 valence electrons. The van der Waals surface area contributed by atoms with Crippen LogP contribution in [-0.2, 0) is 26.5 Å². The maximum atomic E-state index is 6.74. The van der Waals surface area contributed by atoms with E-state index in [0.717, 1.165) is 67.2 Å². The fourth-order valence-corrected chi connectivity index (χ4v) is 10.5. The Morgan fingerprint density at radius 1 is 0.585 bits per heavy atom. The Morgan fingerprint density at radius 3 is 1.97 bits per heavy atom. The molecule has 0 saturated carbocycles. The van der Waals surface area contributed by atoms with Crippen LogP contribution in [0.25, 0.3) is 70.0 Å². The van der Waals surface area contributed by atoms with Crippen molar-refractivity contribution in [3.63, 3.8) is 0 Å². The molecule has 65 heavy (non-hydrogen) atoms. The van der Waals surface area contributed by atoms with Gasteiger partial charge in [-0.05, 0) is 63.9 Å². The Labute approximate surface area is 397 Å². The van der Waals surface area contributed by atoms with E-state index < -0.39 is 0 Å². The van der Waals surface area contributed by atoms with Gasteiger partial charge in [-0.15, -0.1) is 59.4 Å². The van der Waals surface area contributed by atoms with Gasteiger partial charge in [0.1, 0.15) is 5.82 Å². The zero-order valence-electron chi connectivity index (χ0n) is 35.9. The number of aromatic nitrogens is 2. The van der Waals surface area contributed by atoms with Crippen LogP contribution in [0, 0.1) is 18.8 Å². The van der Waals surface area contributed by atoms with Gasteiger partial charge < -0.3 is 19.1 Å². The predicted octanol–water partition coefficient (Wildman–Crippen LogP) is 16.0. The van der Waals surface area contributed by atoms with Gasteiger partial charge in [0.15, 0.2) is 0 Å². The summed E-state index contributed by atoms with van der Waals surface area (Å²) in [5, 5.41) is 4.84. The Hall–Kier alpha value is -6.98. The first kappa shape index (κ1) is 40.8. The molecule has 0 atom stereocenters. The molecule has 3 aromatic heterocycles. The Kier molecular flexibility index (Phi) is 10.2. The zero-order chi connectivity index (χ0) is 42.9. The standard InChI is InChI=1S/C58H41N4OS.Pt/c1-58(2,3)40-32-33-59-54(34-40)62-51-31-30-47-46-22-10-13-27-53(46)64-57(47)55(51)48-29-28-43(36-52(48)62)63-42-21-14-20-41(35-42)60-37-61(50-26-12-11-25-49(50)60)56-44(38-16-6-4-7-17-38)23-15-24-45(56)39-18-8-5-9-19-39;/h4-34,37H,1-3H3;/q-3;. The molecule has 1 aliphatic rings. The van der Waals surface area contributed by atoms with Gasteiger partial charge in [-0.25, -0.2) is 4.98 Å². The number of para-hydroxylation sites is 3. The van der Waals surface area contributed by atoms with E-state index in [1.807, 2.05) is 35.7 Å². The van der Waals surface area contributed by atoms with Crippen LogP contribution >= 0.6 is 11.3 Å². The second kappa shape index (κ2) is 16.2. The summed E-state index contributed by atoms with van der Waals surface area (Å²) < 4.78 is 11.5. The Bertz CT molecular complexity index is 3520. The fourth-order valence-electron chi connectivity index (χ4n) is 9.23. The van der Waals surface area contributed by atoms with Gasteiger partial charge in [-0.3, -0.25) is 0 Å². The molecule has 11 aromatic rings. The van der Waals surface area contributed by atoms with E-state index in [-0.39, 0.29) is 26.5 Å². The summed E-state index contributed by atoms with van der Waals surface area (Å²) in [6, 6.07) is 71.5. The molecule has 1 aliphatic heterocycles. The van der Waals surface area contributed by atoms with Crippen molar-refractivity contribution in [2.75, 3.05) is 9.80 Å². The van der Waals surface area contributed by atoms with Crippen molar-refractivity contribution in [3.8, 4) is 39.6 Å². The monoisotopic (exact) mass is 1040 g/mol. The second-order valence-corrected chi connectivity index (χ2v) is 18.3. The van der Waals surface area contributed by atoms with Gasteiger partial charge in [-0.1, -0.05) is 142 Å². The number of thiophene rings is 1. The molecule has 0 amide bonds. The average Bonchev–Trinajstić information content (AvgIpc) is 4.01. The number of hydrogen-bond donors (Lipinski definition) is 0. The number of hydrogen-bond acceptors (Lipinski definition) is 5. The third kappa shape index (κ3) is 7.00. The van der Waals surface area contributed by atoms with Crippen LogP contribution < -0.4 is 14.5 Å². The molecule has 5 nitrogen and oxygen atoms in total. The molecule has 0 unspecified atom stereocenters. The normalized spacial score (nSPS) is 12.6. The number of nitrogens with zero attached hydrogens (tertiary/aromatic N) is 4. The fraction of sp³-hybridized carbons (Fsp3) is 0.0690. The van der Waals surface area contributed by atoms with Gasteiger partial charge >= 0.3 is 0 Å². The van der Waals surface area contributed by atoms with Crippen molar-refractivity contribution >= 4 is 76.1 Å². The summed E-state index contributed by atoms with van der Waals surface area (Å²) >= 11 is 1.84. The molecule has 0 spiro atoms. The van der Waals surface area contributed by atoms with Crippen molar-refractivity contribution in [1.82, 2.24) is 9.55 Å². The minimum atomic E-state index is -0.0478. The number of rotatable bonds is 7. The van der Waals surface area contributed by atoms with Crippen LogP contribution in [0.15, 0.2) is 188 Å². The largest absolute Gasteiger partial charge is 0.509 e. The molecule has 12 rings (SSSR count). The first-order valence-electron chi connectivity index (χ1n) is 21.6. The second-order valence-electron chi connectivity index (χ2n) is 17.3. The van der Waals surface area contributed by atoms with Gasteiger partial charge in [0, 0.05) is 92.6 Å². The summed E-state index contributed by atoms with van der Waals surface area (Å²) in [4.78, 5) is 9.49. The third-order valence-corrected chi connectivity index (χ3v) is 13.5. The quantitative estimate of drug-likeness (QED) is 0.149.